The van der Waals surface area contributed by atoms with Gasteiger partial charge in [-0.25, -0.2) is 0 Å². The highest BCUT2D eigenvalue weighted by atomic mass is 32.2. The first kappa shape index (κ1) is 20.4. The van der Waals surface area contributed by atoms with E-state index in [4.69, 9.17) is 10.5 Å². The van der Waals surface area contributed by atoms with Crippen molar-refractivity contribution in [1.29, 1.82) is 0 Å². The van der Waals surface area contributed by atoms with Gasteiger partial charge in [0, 0.05) is 27.2 Å². The normalized spacial score (nSPS) is 20.6. The van der Waals surface area contributed by atoms with Crippen LogP contribution in [-0.4, -0.2) is 22.8 Å². The number of phenols is 1. The molecule has 5 heteroatoms. The number of phenolic OH excluding ortho intramolecular Hbond substituents is 1. The summed E-state index contributed by atoms with van der Waals surface area (Å²) in [6.45, 7) is 6.47. The fraction of sp³-hybridized carbons (Fsp3) is 0.455. The molecule has 1 aliphatic rings. The average Bonchev–Trinajstić information content (AvgIpc) is 2.79. The van der Waals surface area contributed by atoms with Gasteiger partial charge in [-0.1, -0.05) is 45.0 Å². The maximum atomic E-state index is 10.5. The fourth-order valence-electron chi connectivity index (χ4n) is 3.34. The topological polar surface area (TPSA) is 55.5 Å². The van der Waals surface area contributed by atoms with Gasteiger partial charge in [0.25, 0.3) is 0 Å². The Morgan fingerprint density at radius 3 is 2.74 bits per heavy atom. The summed E-state index contributed by atoms with van der Waals surface area (Å²) in [7, 11) is 0. The third-order valence-corrected chi connectivity index (χ3v) is 7.53. The van der Waals surface area contributed by atoms with Crippen molar-refractivity contribution in [3.8, 4) is 11.5 Å². The van der Waals surface area contributed by atoms with Crippen molar-refractivity contribution < 1.29 is 9.84 Å². The number of benzene rings is 2. The van der Waals surface area contributed by atoms with Gasteiger partial charge in [-0.3, -0.25) is 5.73 Å². The minimum absolute atomic E-state index is 0.272. The van der Waals surface area contributed by atoms with Gasteiger partial charge in [0.05, 0.1) is 0 Å². The van der Waals surface area contributed by atoms with Crippen molar-refractivity contribution in [3.05, 3.63) is 48.0 Å². The number of para-hydroxylation sites is 2. The van der Waals surface area contributed by atoms with Crippen LogP contribution in [0.4, 0.5) is 0 Å². The van der Waals surface area contributed by atoms with E-state index >= 15 is 0 Å². The lowest BCUT2D eigenvalue weighted by Gasteiger charge is -2.24. The van der Waals surface area contributed by atoms with Crippen LogP contribution in [0.1, 0.15) is 38.7 Å². The summed E-state index contributed by atoms with van der Waals surface area (Å²) in [6.07, 6.45) is 0.742. The molecule has 0 amide bonds. The van der Waals surface area contributed by atoms with E-state index < -0.39 is 0 Å². The van der Waals surface area contributed by atoms with Crippen molar-refractivity contribution >= 4 is 23.5 Å². The lowest BCUT2D eigenvalue weighted by molar-refractivity contribution is 0.138. The van der Waals surface area contributed by atoms with Crippen LogP contribution in [0.5, 0.6) is 11.5 Å². The minimum atomic E-state index is -0.272. The lowest BCUT2D eigenvalue weighted by Crippen LogP contribution is -2.37. The van der Waals surface area contributed by atoms with E-state index in [1.165, 1.54) is 4.90 Å². The zero-order valence-corrected chi connectivity index (χ0v) is 17.9. The molecule has 0 bridgehead atoms. The van der Waals surface area contributed by atoms with Crippen LogP contribution in [0.3, 0.4) is 0 Å². The maximum Gasteiger partial charge on any atom is 0.151 e. The Balaban J connectivity index is 1.57. The largest absolute Gasteiger partial charge is 0.506 e. The van der Waals surface area contributed by atoms with E-state index in [0.717, 1.165) is 34.1 Å². The quantitative estimate of drug-likeness (QED) is 0.604. The van der Waals surface area contributed by atoms with Gasteiger partial charge in [0.15, 0.2) is 6.23 Å². The monoisotopic (exact) mass is 403 g/mol. The van der Waals surface area contributed by atoms with Crippen LogP contribution < -0.4 is 10.5 Å². The first-order valence-corrected chi connectivity index (χ1v) is 11.5. The Kier molecular flexibility index (Phi) is 7.01. The first-order chi connectivity index (χ1) is 13.0. The molecule has 146 valence electrons. The standard InChI is InChI=1S/C22H29NO2S2/c1-14(2)17-7-6-10-20(21(17)24)26-12-15(3)11-16-13-27-19-9-5-4-8-18(19)25-22(16)23/h4-10,14-16,22,24H,11-13,23H2,1-3H3/t15-,16-,22?/m0/s1. The van der Waals surface area contributed by atoms with Crippen LogP contribution in [0.25, 0.3) is 0 Å². The molecule has 2 aromatic rings. The first-order valence-electron chi connectivity index (χ1n) is 9.54. The van der Waals surface area contributed by atoms with Crippen molar-refractivity contribution in [1.82, 2.24) is 0 Å². The smallest absolute Gasteiger partial charge is 0.151 e. The van der Waals surface area contributed by atoms with E-state index in [-0.39, 0.29) is 6.23 Å². The summed E-state index contributed by atoms with van der Waals surface area (Å²) in [5.41, 5.74) is 7.36. The molecule has 3 rings (SSSR count). The molecule has 3 nitrogen and oxygen atoms in total. The molecule has 0 radical (unpaired) electrons. The van der Waals surface area contributed by atoms with Crippen LogP contribution in [0.15, 0.2) is 52.3 Å². The van der Waals surface area contributed by atoms with Gasteiger partial charge in [-0.05, 0) is 42.0 Å². The molecule has 1 heterocycles. The average molecular weight is 404 g/mol. The molecule has 1 aliphatic heterocycles. The molecule has 3 N–H and O–H groups in total. The van der Waals surface area contributed by atoms with Crippen LogP contribution in [0, 0.1) is 11.8 Å². The van der Waals surface area contributed by atoms with Crippen molar-refractivity contribution in [2.75, 3.05) is 11.5 Å². The lowest BCUT2D eigenvalue weighted by atomic mass is 9.97. The number of hydrogen-bond donors (Lipinski definition) is 2. The molecule has 0 spiro atoms. The Morgan fingerprint density at radius 2 is 1.96 bits per heavy atom. The highest BCUT2D eigenvalue weighted by Crippen LogP contribution is 2.39. The zero-order valence-electron chi connectivity index (χ0n) is 16.2. The van der Waals surface area contributed by atoms with Crippen molar-refractivity contribution in [2.45, 2.75) is 49.1 Å². The summed E-state index contributed by atoms with van der Waals surface area (Å²) in [5.74, 6) is 4.38. The van der Waals surface area contributed by atoms with Gasteiger partial charge < -0.3 is 9.84 Å². The predicted octanol–water partition coefficient (Wildman–Crippen LogP) is 5.72. The van der Waals surface area contributed by atoms with Crippen LogP contribution in [-0.2, 0) is 0 Å². The van der Waals surface area contributed by atoms with Crippen LogP contribution in [0.2, 0.25) is 0 Å². The highest BCUT2D eigenvalue weighted by molar-refractivity contribution is 7.99. The molecule has 0 saturated carbocycles. The maximum absolute atomic E-state index is 10.5. The van der Waals surface area contributed by atoms with Crippen molar-refractivity contribution in [2.24, 2.45) is 17.6 Å². The van der Waals surface area contributed by atoms with Gasteiger partial charge in [0.2, 0.25) is 0 Å². The van der Waals surface area contributed by atoms with Crippen LogP contribution >= 0.6 is 23.5 Å². The zero-order chi connectivity index (χ0) is 19.4. The molecule has 1 unspecified atom stereocenters. The van der Waals surface area contributed by atoms with Gasteiger partial charge in [-0.15, -0.1) is 23.5 Å². The molecule has 2 aromatic carbocycles. The fourth-order valence-corrected chi connectivity index (χ4v) is 5.52. The Morgan fingerprint density at radius 1 is 1.19 bits per heavy atom. The number of aromatic hydroxyl groups is 1. The van der Waals surface area contributed by atoms with E-state index in [1.807, 2.05) is 48.2 Å². The van der Waals surface area contributed by atoms with E-state index in [2.05, 4.69) is 26.8 Å². The predicted molar refractivity (Wildman–Crippen MR) is 116 cm³/mol. The molecular weight excluding hydrogens is 374 g/mol. The molecule has 0 aliphatic carbocycles. The van der Waals surface area contributed by atoms with Gasteiger partial charge in [0.1, 0.15) is 11.5 Å². The molecule has 0 aromatic heterocycles. The number of nitrogens with two attached hydrogens (primary N) is 1. The molecule has 0 saturated heterocycles. The van der Waals surface area contributed by atoms with E-state index in [0.29, 0.717) is 23.5 Å². The minimum Gasteiger partial charge on any atom is -0.506 e. The van der Waals surface area contributed by atoms with Crippen molar-refractivity contribution in [3.63, 3.8) is 0 Å². The number of thioether (sulfide) groups is 2. The number of hydrogen-bond acceptors (Lipinski definition) is 5. The number of fused-ring (bicyclic) bond motifs is 1. The third-order valence-electron chi connectivity index (χ3n) is 4.91. The highest BCUT2D eigenvalue weighted by Gasteiger charge is 2.26. The van der Waals surface area contributed by atoms with E-state index in [9.17, 15) is 5.11 Å². The molecule has 27 heavy (non-hydrogen) atoms. The number of ether oxygens (including phenoxy) is 1. The summed E-state index contributed by atoms with van der Waals surface area (Å²) in [4.78, 5) is 2.14. The third kappa shape index (κ3) is 5.15. The van der Waals surface area contributed by atoms with Gasteiger partial charge >= 0.3 is 0 Å². The second-order valence-electron chi connectivity index (χ2n) is 7.60. The Labute approximate surface area is 171 Å². The molecule has 3 atom stereocenters. The summed E-state index contributed by atoms with van der Waals surface area (Å²) in [5, 5.41) is 10.5. The molecule has 0 fully saturated rings. The Bertz CT molecular complexity index is 766. The number of rotatable bonds is 6. The second-order valence-corrected chi connectivity index (χ2v) is 9.72. The SMILES string of the molecule is CC(C)c1cccc(SC[C@@H](C)C[C@H]2CSc3ccccc3OC2N)c1O. The molecular formula is C22H29NO2S2. The summed E-state index contributed by atoms with van der Waals surface area (Å²) in [6, 6.07) is 14.2. The van der Waals surface area contributed by atoms with Gasteiger partial charge in [-0.2, -0.15) is 0 Å². The van der Waals surface area contributed by atoms with E-state index in [1.54, 1.807) is 11.8 Å². The Hall–Kier alpha value is -1.30. The second kappa shape index (κ2) is 9.26. The summed E-state index contributed by atoms with van der Waals surface area (Å²) < 4.78 is 6.00. The summed E-state index contributed by atoms with van der Waals surface area (Å²) >= 11 is 3.56.